The van der Waals surface area contributed by atoms with Gasteiger partial charge in [-0.2, -0.15) is 0 Å². The van der Waals surface area contributed by atoms with Crippen LogP contribution in [0.4, 0.5) is 11.4 Å². The summed E-state index contributed by atoms with van der Waals surface area (Å²) in [6, 6.07) is 0. The fraction of sp³-hybridized carbons (Fsp3) is 0.633. The van der Waals surface area contributed by atoms with E-state index in [1.165, 1.54) is 83.6 Å². The van der Waals surface area contributed by atoms with E-state index in [2.05, 4.69) is 0 Å². The number of aliphatic hydroxyl groups is 9. The second-order valence-corrected chi connectivity index (χ2v) is 16.9. The molecule has 2 aromatic rings. The summed E-state index contributed by atoms with van der Waals surface area (Å²) >= 11 is 0. The maximum absolute atomic E-state index is 14.2. The van der Waals surface area contributed by atoms with E-state index in [0.29, 0.717) is 0 Å². The van der Waals surface area contributed by atoms with Crippen molar-refractivity contribution in [2.24, 2.45) is 0 Å². The average molecular weight is 995 g/mol. The molecule has 0 saturated heterocycles. The van der Waals surface area contributed by atoms with Gasteiger partial charge in [-0.05, 0) is 74.9 Å². The molecule has 0 saturated carbocycles. The molecule has 398 valence electrons. The largest absolute Gasteiger partial charge is 0.394 e. The Hall–Kier alpha value is -5.10. The molecule has 70 heavy (non-hydrogen) atoms. The maximum Gasteiger partial charge on any atom is 0.254 e. The van der Waals surface area contributed by atoms with Gasteiger partial charge in [0, 0.05) is 90.5 Å². The van der Waals surface area contributed by atoms with Crippen LogP contribution in [0.5, 0.6) is 0 Å². The molecular formula is C49H82N6O15. The molecule has 0 fully saturated rings. The highest BCUT2D eigenvalue weighted by atomic mass is 16.3. The van der Waals surface area contributed by atoms with Crippen LogP contribution in [-0.4, -0.2) is 225 Å². The highest BCUT2D eigenvalue weighted by molar-refractivity contribution is 6.09. The van der Waals surface area contributed by atoms with Crippen molar-refractivity contribution in [1.29, 1.82) is 0 Å². The van der Waals surface area contributed by atoms with Gasteiger partial charge in [0.15, 0.2) is 0 Å². The van der Waals surface area contributed by atoms with Crippen LogP contribution in [-0.2, 0) is 9.59 Å². The van der Waals surface area contributed by atoms with E-state index in [4.69, 9.17) is 0 Å². The first-order valence-electron chi connectivity index (χ1n) is 23.3. The maximum atomic E-state index is 14.2. The Balaban J connectivity index is 0.0000116. The van der Waals surface area contributed by atoms with E-state index in [-0.39, 0.29) is 93.2 Å². The van der Waals surface area contributed by atoms with Gasteiger partial charge in [-0.15, -0.1) is 0 Å². The average Bonchev–Trinajstić information content (AvgIpc) is 3.31. The molecule has 0 aliphatic heterocycles. The molecule has 0 radical (unpaired) electrons. The van der Waals surface area contributed by atoms with Crippen LogP contribution >= 0.6 is 0 Å². The molecule has 4 unspecified atom stereocenters. The smallest absolute Gasteiger partial charge is 0.254 e. The molecule has 9 N–H and O–H groups in total. The number of rotatable bonds is 22. The van der Waals surface area contributed by atoms with Crippen LogP contribution in [0, 0.1) is 41.5 Å². The van der Waals surface area contributed by atoms with Crippen molar-refractivity contribution in [3.8, 4) is 0 Å². The number of hydrogen-bond acceptors (Lipinski definition) is 15. The van der Waals surface area contributed by atoms with E-state index in [0.717, 1.165) is 29.4 Å². The molecule has 0 aliphatic rings. The van der Waals surface area contributed by atoms with E-state index < -0.39 is 105 Å². The predicted molar refractivity (Wildman–Crippen MR) is 266 cm³/mol. The zero-order chi connectivity index (χ0) is 54.8. The topological polar surface area (TPSA) is 304 Å². The fourth-order valence-corrected chi connectivity index (χ4v) is 8.33. The lowest BCUT2D eigenvalue weighted by molar-refractivity contribution is -0.117. The van der Waals surface area contributed by atoms with Crippen molar-refractivity contribution in [2.45, 2.75) is 114 Å². The van der Waals surface area contributed by atoms with Crippen LogP contribution in [0.25, 0.3) is 0 Å². The molecule has 2 rings (SSSR count). The summed E-state index contributed by atoms with van der Waals surface area (Å²) in [5.74, 6) is -4.07. The van der Waals surface area contributed by atoms with Crippen LogP contribution in [0.3, 0.4) is 0 Å². The number of likely N-dealkylation sites (N-methyl/N-ethyl adjacent to an activating group) is 4. The number of nitrogens with zero attached hydrogens (tertiary/aromatic N) is 6. The molecule has 2 aromatic carbocycles. The number of aliphatic hydroxyl groups excluding tert-OH is 9. The van der Waals surface area contributed by atoms with Gasteiger partial charge >= 0.3 is 0 Å². The SMILES string of the molecule is CC.CC.CC(=O)N(CC(O)CN(C(C)=O)c1c(C)c(C(=O)N(C)CC(O)CO)c(C)c(C(=O)N(C)CC(O)CO)c1C)c1c(C)c(C(=O)N(C)CC(O)CO)c(C)c(C(=O)N(C)CC(O)CO)c1C. The number of hydrogen-bond donors (Lipinski definition) is 9. The predicted octanol–water partition coefficient (Wildman–Crippen LogP) is 0.0572. The first-order valence-corrected chi connectivity index (χ1v) is 23.3. The molecule has 6 amide bonds. The molecule has 4 atom stereocenters. The number of amides is 6. The quantitative estimate of drug-likeness (QED) is 0.0754. The first kappa shape index (κ1) is 64.9. The van der Waals surface area contributed by atoms with Crippen molar-refractivity contribution >= 4 is 46.8 Å². The van der Waals surface area contributed by atoms with Gasteiger partial charge in [-0.3, -0.25) is 28.8 Å². The molecular weight excluding hydrogens is 913 g/mol. The van der Waals surface area contributed by atoms with E-state index in [1.54, 1.807) is 0 Å². The summed E-state index contributed by atoms with van der Waals surface area (Å²) in [5.41, 5.74) is 1.08. The number of anilines is 2. The molecule has 0 spiro atoms. The van der Waals surface area contributed by atoms with Gasteiger partial charge < -0.3 is 75.4 Å². The number of benzene rings is 2. The standard InChI is InChI=1S/C45H70N6O15.2C2H6/c1-23-36(42(63)46(9)13-32(59)19-52)25(3)40(26(4)37(23)43(64)47(10)14-33(60)20-53)50(29(7)56)17-31(58)18-51(30(8)57)41-27(5)38(44(65)48(11)15-34(61)21-54)24(2)39(28(41)6)45(66)49(12)16-35(62)22-55;2*1-2/h31-35,52-55,58-62H,13-22H2,1-12H3;2*1-2H3. The summed E-state index contributed by atoms with van der Waals surface area (Å²) in [6.07, 6.45) is -6.85. The summed E-state index contributed by atoms with van der Waals surface area (Å²) in [4.78, 5) is 90.9. The Kier molecular flexibility index (Phi) is 27.8. The van der Waals surface area contributed by atoms with Crippen LogP contribution in [0.2, 0.25) is 0 Å². The van der Waals surface area contributed by atoms with Crippen molar-refractivity contribution in [3.05, 3.63) is 55.6 Å². The third-order valence-corrected chi connectivity index (χ3v) is 11.5. The van der Waals surface area contributed by atoms with Crippen molar-refractivity contribution in [3.63, 3.8) is 0 Å². The molecule has 0 bridgehead atoms. The van der Waals surface area contributed by atoms with Crippen molar-refractivity contribution in [2.75, 3.05) is 104 Å². The molecule has 21 heteroatoms. The second-order valence-electron chi connectivity index (χ2n) is 16.9. The van der Waals surface area contributed by atoms with Crippen LogP contribution < -0.4 is 9.80 Å². The van der Waals surface area contributed by atoms with Crippen molar-refractivity contribution in [1.82, 2.24) is 19.6 Å². The molecule has 21 nitrogen and oxygen atoms in total. The molecule has 0 heterocycles. The lowest BCUT2D eigenvalue weighted by Gasteiger charge is -2.35. The number of carbonyl (C=O) groups is 6. The Morgan fingerprint density at radius 1 is 0.357 bits per heavy atom. The third kappa shape index (κ3) is 16.0. The minimum atomic E-state index is -1.61. The fourth-order valence-electron chi connectivity index (χ4n) is 8.33. The zero-order valence-electron chi connectivity index (χ0n) is 44.1. The van der Waals surface area contributed by atoms with Gasteiger partial charge in [-0.1, -0.05) is 27.7 Å². The third-order valence-electron chi connectivity index (χ3n) is 11.5. The van der Waals surface area contributed by atoms with E-state index >= 15 is 0 Å². The Morgan fingerprint density at radius 2 is 0.543 bits per heavy atom. The Morgan fingerprint density at radius 3 is 0.700 bits per heavy atom. The number of carbonyl (C=O) groups excluding carboxylic acids is 6. The highest BCUT2D eigenvalue weighted by Gasteiger charge is 2.35. The Labute approximate surface area is 413 Å². The molecule has 0 aromatic heterocycles. The highest BCUT2D eigenvalue weighted by Crippen LogP contribution is 2.38. The summed E-state index contributed by atoms with van der Waals surface area (Å²) < 4.78 is 0. The van der Waals surface area contributed by atoms with Crippen LogP contribution in [0.15, 0.2) is 0 Å². The second kappa shape index (κ2) is 29.9. The lowest BCUT2D eigenvalue weighted by atomic mass is 9.88. The normalized spacial score (nSPS) is 13.0. The zero-order valence-corrected chi connectivity index (χ0v) is 44.1. The van der Waals surface area contributed by atoms with Crippen LogP contribution in [0.1, 0.15) is 116 Å². The lowest BCUT2D eigenvalue weighted by Crippen LogP contribution is -2.45. The summed E-state index contributed by atoms with van der Waals surface area (Å²) in [5, 5.41) is 90.6. The van der Waals surface area contributed by atoms with E-state index in [1.807, 2.05) is 27.7 Å². The van der Waals surface area contributed by atoms with Gasteiger partial charge in [0.1, 0.15) is 0 Å². The molecule has 0 aliphatic carbocycles. The van der Waals surface area contributed by atoms with Gasteiger partial charge in [0.25, 0.3) is 23.6 Å². The monoisotopic (exact) mass is 995 g/mol. The van der Waals surface area contributed by atoms with Gasteiger partial charge in [0.2, 0.25) is 11.8 Å². The van der Waals surface area contributed by atoms with Gasteiger partial charge in [0.05, 0.1) is 81.4 Å². The minimum Gasteiger partial charge on any atom is -0.394 e. The summed E-state index contributed by atoms with van der Waals surface area (Å²) in [7, 11) is 5.48. The Bertz CT molecular complexity index is 1860. The first-order chi connectivity index (χ1) is 32.6. The summed E-state index contributed by atoms with van der Waals surface area (Å²) in [6.45, 7) is 14.6. The van der Waals surface area contributed by atoms with Gasteiger partial charge in [-0.25, -0.2) is 0 Å². The minimum absolute atomic E-state index is 0.0398. The van der Waals surface area contributed by atoms with Crippen molar-refractivity contribution < 1.29 is 74.7 Å². The van der Waals surface area contributed by atoms with E-state index in [9.17, 15) is 74.7 Å².